The molecule has 5 rings (SSSR count). The molecule has 3 fully saturated rings. The molecule has 0 radical (unpaired) electrons. The average molecular weight is 425 g/mol. The number of alkyl halides is 4. The number of anilines is 1. The number of halogens is 4. The van der Waals surface area contributed by atoms with Gasteiger partial charge in [-0.3, -0.25) is 4.90 Å². The van der Waals surface area contributed by atoms with Crippen LogP contribution in [0.25, 0.3) is 11.3 Å². The first-order chi connectivity index (χ1) is 14.4. The van der Waals surface area contributed by atoms with Gasteiger partial charge in [0.25, 0.3) is 6.43 Å². The molecule has 2 saturated carbocycles. The summed E-state index contributed by atoms with van der Waals surface area (Å²) >= 11 is 0. The van der Waals surface area contributed by atoms with Crippen LogP contribution in [-0.4, -0.2) is 52.1 Å². The molecule has 1 aliphatic heterocycles. The van der Waals surface area contributed by atoms with Crippen LogP contribution < -0.4 is 10.5 Å². The van der Waals surface area contributed by atoms with E-state index in [0.29, 0.717) is 42.1 Å². The maximum atomic E-state index is 12.7. The van der Waals surface area contributed by atoms with Crippen molar-refractivity contribution in [3.05, 3.63) is 24.3 Å². The first kappa shape index (κ1) is 19.6. The third kappa shape index (κ3) is 3.84. The molecule has 162 valence electrons. The fourth-order valence-electron chi connectivity index (χ4n) is 4.69. The molecule has 30 heavy (non-hydrogen) atoms. The van der Waals surface area contributed by atoms with Gasteiger partial charge in [0.15, 0.2) is 11.6 Å². The zero-order chi connectivity index (χ0) is 21.0. The maximum Gasteiger partial charge on any atom is 0.387 e. The Morgan fingerprint density at radius 3 is 2.53 bits per heavy atom. The minimum absolute atomic E-state index is 0.104. The number of ether oxygens (including phenoxy) is 1. The van der Waals surface area contributed by atoms with E-state index in [1.807, 2.05) is 11.1 Å². The van der Waals surface area contributed by atoms with Gasteiger partial charge in [0.05, 0.1) is 12.2 Å². The van der Waals surface area contributed by atoms with Crippen LogP contribution in [0.1, 0.15) is 24.7 Å². The van der Waals surface area contributed by atoms with E-state index >= 15 is 0 Å². The van der Waals surface area contributed by atoms with Crippen LogP contribution in [0, 0.1) is 17.8 Å². The van der Waals surface area contributed by atoms with Crippen molar-refractivity contribution in [3.63, 3.8) is 0 Å². The molecular formula is C20H23F4N5O. The lowest BCUT2D eigenvalue weighted by molar-refractivity contribution is -0.0494. The lowest BCUT2D eigenvalue weighted by Gasteiger charge is -2.19. The van der Waals surface area contributed by atoms with Gasteiger partial charge in [0, 0.05) is 43.5 Å². The SMILES string of the molecule is Nc1ncc(-c2cn([C@@H]3[C@@H]4CN(CC(F)F)C[C@@H]43)c(CC3CC3)n2)cc1OC(F)F. The van der Waals surface area contributed by atoms with Gasteiger partial charge in [-0.05, 0) is 36.7 Å². The lowest BCUT2D eigenvalue weighted by atomic mass is 10.2. The van der Waals surface area contributed by atoms with E-state index in [-0.39, 0.29) is 24.2 Å². The van der Waals surface area contributed by atoms with Crippen molar-refractivity contribution < 1.29 is 22.3 Å². The van der Waals surface area contributed by atoms with Crippen LogP contribution in [-0.2, 0) is 6.42 Å². The van der Waals surface area contributed by atoms with Crippen LogP contribution >= 0.6 is 0 Å². The van der Waals surface area contributed by atoms with Crippen LogP contribution in [0.2, 0.25) is 0 Å². The fourth-order valence-corrected chi connectivity index (χ4v) is 4.69. The third-order valence-electron chi connectivity index (χ3n) is 6.31. The minimum atomic E-state index is -2.99. The number of nitrogens with zero attached hydrogens (tertiary/aromatic N) is 4. The normalized spacial score (nSPS) is 25.9. The van der Waals surface area contributed by atoms with E-state index in [1.54, 1.807) is 0 Å². The van der Waals surface area contributed by atoms with Crippen LogP contribution in [0.5, 0.6) is 5.75 Å². The minimum Gasteiger partial charge on any atom is -0.431 e. The second-order valence-electron chi connectivity index (χ2n) is 8.51. The number of piperidine rings is 1. The Hall–Kier alpha value is -2.36. The number of likely N-dealkylation sites (tertiary alicyclic amines) is 1. The largest absolute Gasteiger partial charge is 0.431 e. The number of hydrogen-bond acceptors (Lipinski definition) is 5. The number of nitrogens with two attached hydrogens (primary N) is 1. The van der Waals surface area contributed by atoms with Crippen LogP contribution in [0.15, 0.2) is 18.5 Å². The zero-order valence-electron chi connectivity index (χ0n) is 16.2. The number of imidazole rings is 1. The molecule has 0 amide bonds. The van der Waals surface area contributed by atoms with Crippen molar-refractivity contribution in [1.82, 2.24) is 19.4 Å². The van der Waals surface area contributed by atoms with Gasteiger partial charge in [-0.15, -0.1) is 0 Å². The van der Waals surface area contributed by atoms with Gasteiger partial charge < -0.3 is 15.0 Å². The molecule has 2 aromatic heterocycles. The van der Waals surface area contributed by atoms with Crippen molar-refractivity contribution in [1.29, 1.82) is 0 Å². The summed E-state index contributed by atoms with van der Waals surface area (Å²) in [6, 6.07) is 1.69. The molecular weight excluding hydrogens is 402 g/mol. The number of aromatic nitrogens is 3. The summed E-state index contributed by atoms with van der Waals surface area (Å²) in [6.45, 7) is -1.82. The molecule has 0 spiro atoms. The van der Waals surface area contributed by atoms with E-state index in [1.165, 1.54) is 25.1 Å². The highest BCUT2D eigenvalue weighted by Gasteiger charge is 2.57. The first-order valence-electron chi connectivity index (χ1n) is 10.2. The average Bonchev–Trinajstić information content (AvgIpc) is 3.51. The summed E-state index contributed by atoms with van der Waals surface area (Å²) in [5.41, 5.74) is 6.83. The Morgan fingerprint density at radius 1 is 1.17 bits per heavy atom. The quantitative estimate of drug-likeness (QED) is 0.656. The molecule has 6 nitrogen and oxygen atoms in total. The molecule has 0 unspecified atom stereocenters. The second kappa shape index (κ2) is 7.40. The van der Waals surface area contributed by atoms with Gasteiger partial charge in [0.2, 0.25) is 0 Å². The number of rotatable bonds is 8. The fraction of sp³-hybridized carbons (Fsp3) is 0.600. The molecule has 0 bridgehead atoms. The van der Waals surface area contributed by atoms with Gasteiger partial charge in [-0.2, -0.15) is 8.78 Å². The maximum absolute atomic E-state index is 12.7. The van der Waals surface area contributed by atoms with Crippen molar-refractivity contribution in [2.24, 2.45) is 17.8 Å². The third-order valence-corrected chi connectivity index (χ3v) is 6.31. The highest BCUT2D eigenvalue weighted by Crippen LogP contribution is 2.56. The van der Waals surface area contributed by atoms with Gasteiger partial charge in [-0.1, -0.05) is 0 Å². The summed E-state index contributed by atoms with van der Waals surface area (Å²) in [6.07, 6.45) is 4.33. The molecule has 2 aliphatic carbocycles. The first-order valence-corrected chi connectivity index (χ1v) is 10.2. The van der Waals surface area contributed by atoms with E-state index in [4.69, 9.17) is 10.7 Å². The van der Waals surface area contributed by atoms with Gasteiger partial charge in [-0.25, -0.2) is 18.7 Å². The van der Waals surface area contributed by atoms with Crippen molar-refractivity contribution >= 4 is 5.82 Å². The Kier molecular flexibility index (Phi) is 4.83. The Morgan fingerprint density at radius 2 is 1.90 bits per heavy atom. The van der Waals surface area contributed by atoms with Crippen molar-refractivity contribution in [2.75, 3.05) is 25.4 Å². The molecule has 3 atom stereocenters. The molecule has 3 aliphatic rings. The Bertz CT molecular complexity index is 920. The van der Waals surface area contributed by atoms with Crippen molar-refractivity contribution in [2.45, 2.75) is 38.3 Å². The standard InChI is InChI=1S/C20H23F4N5O/c21-16(22)9-28-6-12-13(7-28)18(12)29-8-14(27-17(29)3-10-1-2-10)11-4-15(30-20(23)24)19(25)26-5-11/h4-5,8,10,12-13,16,18,20H,1-3,6-7,9H2,(H2,25,26)/t12-,13+,18-. The Labute approximate surface area is 171 Å². The zero-order valence-corrected chi connectivity index (χ0v) is 16.2. The van der Waals surface area contributed by atoms with E-state index < -0.39 is 13.0 Å². The predicted molar refractivity (Wildman–Crippen MR) is 101 cm³/mol. The number of nitrogen functional groups attached to an aromatic ring is 1. The molecule has 2 aromatic rings. The van der Waals surface area contributed by atoms with Crippen molar-refractivity contribution in [3.8, 4) is 17.0 Å². The molecule has 3 heterocycles. The summed E-state index contributed by atoms with van der Waals surface area (Å²) in [7, 11) is 0. The van der Waals surface area contributed by atoms with Gasteiger partial charge >= 0.3 is 6.61 Å². The summed E-state index contributed by atoms with van der Waals surface area (Å²) in [4.78, 5) is 10.6. The molecule has 2 N–H and O–H groups in total. The lowest BCUT2D eigenvalue weighted by Crippen LogP contribution is -2.30. The van der Waals surface area contributed by atoms with E-state index in [2.05, 4.69) is 14.3 Å². The number of hydrogen-bond donors (Lipinski definition) is 1. The molecule has 10 heteroatoms. The number of pyridine rings is 1. The second-order valence-corrected chi connectivity index (χ2v) is 8.51. The smallest absolute Gasteiger partial charge is 0.387 e. The van der Waals surface area contributed by atoms with Gasteiger partial charge in [0.1, 0.15) is 5.82 Å². The topological polar surface area (TPSA) is 69.2 Å². The summed E-state index contributed by atoms with van der Waals surface area (Å²) in [5.74, 6) is 2.01. The highest BCUT2D eigenvalue weighted by atomic mass is 19.3. The predicted octanol–water partition coefficient (Wildman–Crippen LogP) is 3.45. The molecule has 1 saturated heterocycles. The van der Waals surface area contributed by atoms with E-state index in [0.717, 1.165) is 12.2 Å². The Balaban J connectivity index is 1.39. The number of fused-ring (bicyclic) bond motifs is 1. The molecule has 0 aromatic carbocycles. The highest BCUT2D eigenvalue weighted by molar-refractivity contribution is 5.63. The monoisotopic (exact) mass is 425 g/mol. The van der Waals surface area contributed by atoms with Crippen LogP contribution in [0.3, 0.4) is 0 Å². The summed E-state index contributed by atoms with van der Waals surface area (Å²) in [5, 5.41) is 0. The van der Waals surface area contributed by atoms with E-state index in [9.17, 15) is 17.6 Å². The summed E-state index contributed by atoms with van der Waals surface area (Å²) < 4.78 is 57.2. The van der Waals surface area contributed by atoms with Crippen LogP contribution in [0.4, 0.5) is 23.4 Å².